The van der Waals surface area contributed by atoms with Crippen molar-refractivity contribution in [2.24, 2.45) is 0 Å². The van der Waals surface area contributed by atoms with E-state index in [9.17, 15) is 14.4 Å². The maximum absolute atomic E-state index is 12.9. The predicted octanol–water partition coefficient (Wildman–Crippen LogP) is 22.0. The van der Waals surface area contributed by atoms with E-state index in [2.05, 4.69) is 118 Å². The van der Waals surface area contributed by atoms with Crippen LogP contribution in [-0.4, -0.2) is 37.2 Å². The zero-order chi connectivity index (χ0) is 55.0. The highest BCUT2D eigenvalue weighted by atomic mass is 16.6. The van der Waals surface area contributed by atoms with E-state index in [0.717, 1.165) is 89.9 Å². The van der Waals surface area contributed by atoms with E-state index in [0.29, 0.717) is 19.3 Å². The van der Waals surface area contributed by atoms with Crippen LogP contribution in [0.25, 0.3) is 0 Å². The van der Waals surface area contributed by atoms with Crippen molar-refractivity contribution >= 4 is 17.9 Å². The van der Waals surface area contributed by atoms with Crippen LogP contribution in [0.3, 0.4) is 0 Å². The first-order valence-electron chi connectivity index (χ1n) is 32.2. The monoisotopic (exact) mass is 1060 g/mol. The van der Waals surface area contributed by atoms with Crippen LogP contribution in [0.4, 0.5) is 0 Å². The van der Waals surface area contributed by atoms with Gasteiger partial charge in [0.15, 0.2) is 6.10 Å². The molecule has 1 atom stereocenters. The van der Waals surface area contributed by atoms with Crippen molar-refractivity contribution in [3.8, 4) is 0 Å². The van der Waals surface area contributed by atoms with E-state index in [1.807, 2.05) is 0 Å². The fraction of sp³-hybridized carbons (Fsp3) is 0.729. The van der Waals surface area contributed by atoms with Gasteiger partial charge in [0.25, 0.3) is 0 Å². The molecular formula is C70H120O6. The molecule has 0 radical (unpaired) electrons. The van der Waals surface area contributed by atoms with Gasteiger partial charge in [0, 0.05) is 19.3 Å². The first kappa shape index (κ1) is 72.3. The molecule has 0 saturated carbocycles. The van der Waals surface area contributed by atoms with E-state index >= 15 is 0 Å². The van der Waals surface area contributed by atoms with Crippen molar-refractivity contribution in [2.45, 2.75) is 316 Å². The molecule has 0 amide bonds. The summed E-state index contributed by atoms with van der Waals surface area (Å²) < 4.78 is 16.9. The molecule has 1 unspecified atom stereocenters. The second kappa shape index (κ2) is 63.9. The van der Waals surface area contributed by atoms with E-state index in [4.69, 9.17) is 14.2 Å². The van der Waals surface area contributed by atoms with Crippen molar-refractivity contribution in [1.82, 2.24) is 0 Å². The van der Waals surface area contributed by atoms with Gasteiger partial charge in [0.05, 0.1) is 0 Å². The first-order valence-corrected chi connectivity index (χ1v) is 32.2. The molecule has 0 fully saturated rings. The van der Waals surface area contributed by atoms with Crippen LogP contribution in [0.15, 0.2) is 97.2 Å². The Balaban J connectivity index is 4.46. The summed E-state index contributed by atoms with van der Waals surface area (Å²) in [4.78, 5) is 38.3. The Morgan fingerprint density at radius 1 is 0.276 bits per heavy atom. The van der Waals surface area contributed by atoms with Crippen molar-refractivity contribution in [2.75, 3.05) is 13.2 Å². The molecule has 0 N–H and O–H groups in total. The highest BCUT2D eigenvalue weighted by molar-refractivity contribution is 5.71. The van der Waals surface area contributed by atoms with Gasteiger partial charge in [-0.1, -0.05) is 291 Å². The molecule has 0 spiro atoms. The van der Waals surface area contributed by atoms with E-state index in [1.165, 1.54) is 173 Å². The van der Waals surface area contributed by atoms with Crippen LogP contribution in [-0.2, 0) is 28.6 Å². The smallest absolute Gasteiger partial charge is 0.306 e. The average Bonchev–Trinajstić information content (AvgIpc) is 3.42. The Morgan fingerprint density at radius 2 is 0.526 bits per heavy atom. The second-order valence-corrected chi connectivity index (χ2v) is 21.3. The molecule has 0 aromatic carbocycles. The number of carbonyl (C=O) groups excluding carboxylic acids is 3. The number of ether oxygens (including phenoxy) is 3. The molecule has 0 aliphatic heterocycles. The van der Waals surface area contributed by atoms with Gasteiger partial charge in [-0.25, -0.2) is 0 Å². The normalized spacial score (nSPS) is 12.7. The third-order valence-electron chi connectivity index (χ3n) is 13.8. The van der Waals surface area contributed by atoms with Gasteiger partial charge >= 0.3 is 17.9 Å². The van der Waals surface area contributed by atoms with Crippen molar-refractivity contribution in [3.63, 3.8) is 0 Å². The van der Waals surface area contributed by atoms with Crippen molar-refractivity contribution < 1.29 is 28.6 Å². The Morgan fingerprint density at radius 3 is 0.868 bits per heavy atom. The summed E-state index contributed by atoms with van der Waals surface area (Å²) in [6.45, 7) is 6.51. The summed E-state index contributed by atoms with van der Waals surface area (Å²) >= 11 is 0. The molecule has 0 aliphatic rings. The second-order valence-electron chi connectivity index (χ2n) is 21.3. The van der Waals surface area contributed by atoms with Gasteiger partial charge in [-0.15, -0.1) is 0 Å². The van der Waals surface area contributed by atoms with Gasteiger partial charge in [0.1, 0.15) is 13.2 Å². The predicted molar refractivity (Wildman–Crippen MR) is 330 cm³/mol. The summed E-state index contributed by atoms with van der Waals surface area (Å²) in [5.41, 5.74) is 0. The minimum Gasteiger partial charge on any atom is -0.462 e. The molecule has 0 heterocycles. The number of unbranched alkanes of at least 4 members (excludes halogenated alkanes) is 31. The number of carbonyl (C=O) groups is 3. The number of esters is 3. The van der Waals surface area contributed by atoms with Crippen LogP contribution in [0.1, 0.15) is 310 Å². The third-order valence-corrected chi connectivity index (χ3v) is 13.8. The van der Waals surface area contributed by atoms with Gasteiger partial charge < -0.3 is 14.2 Å². The number of hydrogen-bond donors (Lipinski definition) is 0. The lowest BCUT2D eigenvalue weighted by Gasteiger charge is -2.18. The largest absolute Gasteiger partial charge is 0.462 e. The third kappa shape index (κ3) is 61.2. The zero-order valence-electron chi connectivity index (χ0n) is 50.0. The molecule has 0 rings (SSSR count). The lowest BCUT2D eigenvalue weighted by molar-refractivity contribution is -0.167. The summed E-state index contributed by atoms with van der Waals surface area (Å²) in [5.74, 6) is -0.946. The molecule has 0 aromatic heterocycles. The highest BCUT2D eigenvalue weighted by Gasteiger charge is 2.19. The summed E-state index contributed by atoms with van der Waals surface area (Å²) in [5, 5.41) is 0. The molecule has 6 heteroatoms. The number of rotatable bonds is 58. The van der Waals surface area contributed by atoms with E-state index in [-0.39, 0.29) is 37.5 Å². The number of allylic oxidation sites excluding steroid dienone is 16. The summed E-state index contributed by atoms with van der Waals surface area (Å²) in [6.07, 6.45) is 85.6. The Hall–Kier alpha value is -3.67. The topological polar surface area (TPSA) is 78.9 Å². The molecule has 0 aliphatic carbocycles. The van der Waals surface area contributed by atoms with Gasteiger partial charge in [0.2, 0.25) is 0 Å². The molecule has 76 heavy (non-hydrogen) atoms. The summed E-state index contributed by atoms with van der Waals surface area (Å²) in [7, 11) is 0. The molecule has 0 aromatic rings. The standard InChI is InChI=1S/C70H120O6/c1-4-7-10-13-16-19-22-25-28-31-33-34-35-36-38-39-42-45-48-51-54-57-60-63-69(72)75-66-67(65-74-68(71)62-59-56-53-50-47-44-41-30-27-24-21-18-15-12-9-6-3)76-70(73)64-61-58-55-52-49-46-43-40-37-32-29-26-23-20-17-14-11-8-5-2/h7,10,16,19,25-26,28-29,33-34,36,38,42,45,51,54,67H,4-6,8-9,11-15,17-18,20-24,27,30-32,35,37,39-41,43-44,46-50,52-53,55-66H2,1-3H3/b10-7-,19-16-,28-25-,29-26-,34-33-,38-36-,45-42-,54-51-. The minimum absolute atomic E-state index is 0.0937. The molecule has 0 saturated heterocycles. The lowest BCUT2D eigenvalue weighted by atomic mass is 10.0. The van der Waals surface area contributed by atoms with Crippen LogP contribution in [0.5, 0.6) is 0 Å². The maximum Gasteiger partial charge on any atom is 0.306 e. The van der Waals surface area contributed by atoms with Gasteiger partial charge in [-0.05, 0) is 96.3 Å². The Kier molecular flexibility index (Phi) is 60.8. The summed E-state index contributed by atoms with van der Waals surface area (Å²) in [6, 6.07) is 0. The quantitative estimate of drug-likeness (QED) is 0.0261. The van der Waals surface area contributed by atoms with Gasteiger partial charge in [-0.2, -0.15) is 0 Å². The van der Waals surface area contributed by atoms with Crippen LogP contribution in [0, 0.1) is 0 Å². The van der Waals surface area contributed by atoms with Crippen LogP contribution >= 0.6 is 0 Å². The fourth-order valence-corrected chi connectivity index (χ4v) is 9.02. The van der Waals surface area contributed by atoms with Crippen LogP contribution < -0.4 is 0 Å². The lowest BCUT2D eigenvalue weighted by Crippen LogP contribution is -2.30. The van der Waals surface area contributed by atoms with E-state index in [1.54, 1.807) is 0 Å². The van der Waals surface area contributed by atoms with Gasteiger partial charge in [-0.3, -0.25) is 14.4 Å². The average molecular weight is 1060 g/mol. The van der Waals surface area contributed by atoms with Crippen molar-refractivity contribution in [3.05, 3.63) is 97.2 Å². The minimum atomic E-state index is -0.803. The number of hydrogen-bond acceptors (Lipinski definition) is 6. The Bertz CT molecular complexity index is 1490. The molecular weight excluding hydrogens is 937 g/mol. The van der Waals surface area contributed by atoms with Crippen molar-refractivity contribution in [1.29, 1.82) is 0 Å². The highest BCUT2D eigenvalue weighted by Crippen LogP contribution is 2.16. The first-order chi connectivity index (χ1) is 37.5. The molecule has 436 valence electrons. The van der Waals surface area contributed by atoms with Crippen LogP contribution in [0.2, 0.25) is 0 Å². The molecule has 6 nitrogen and oxygen atoms in total. The molecule has 0 bridgehead atoms. The van der Waals surface area contributed by atoms with E-state index < -0.39 is 6.10 Å². The Labute approximate surface area is 470 Å². The maximum atomic E-state index is 12.9. The SMILES string of the molecule is CC/C=C\C/C=C\C/C=C\C/C=C\C/C=C\C/C=C\C/C=C\CCCC(=O)OCC(COC(=O)CCCCCCCCCCCCCCCCCC)OC(=O)CCCCCCCCCCC/C=C\CCCCCCCC. The fourth-order valence-electron chi connectivity index (χ4n) is 9.02. The zero-order valence-corrected chi connectivity index (χ0v) is 50.0.